The van der Waals surface area contributed by atoms with Gasteiger partial charge in [-0.15, -0.1) is 10.2 Å². The number of rotatable bonds is 7. The Morgan fingerprint density at radius 3 is 2.70 bits per heavy atom. The zero-order valence-electron chi connectivity index (χ0n) is 13.1. The van der Waals surface area contributed by atoms with Crippen molar-refractivity contribution < 1.29 is 9.90 Å². The number of hydrogen-bond donors (Lipinski definition) is 2. The Labute approximate surface area is 139 Å². The maximum absolute atomic E-state index is 11.8. The molecule has 0 aliphatic carbocycles. The van der Waals surface area contributed by atoms with Gasteiger partial charge in [-0.05, 0) is 41.8 Å². The van der Waals surface area contributed by atoms with Crippen molar-refractivity contribution >= 4 is 17.5 Å². The molecule has 0 aliphatic heterocycles. The highest BCUT2D eigenvalue weighted by Crippen LogP contribution is 2.16. The van der Waals surface area contributed by atoms with Crippen LogP contribution in [0.3, 0.4) is 0 Å². The second-order valence-electron chi connectivity index (χ2n) is 5.74. The highest BCUT2D eigenvalue weighted by atomic mass is 35.5. The maximum Gasteiger partial charge on any atom is 0.243 e. The van der Waals surface area contributed by atoms with Crippen LogP contribution in [0.15, 0.2) is 24.3 Å². The molecule has 0 bridgehead atoms. The number of carbonyl (C=O) groups excluding carboxylic acids is 1. The average molecular weight is 338 g/mol. The average Bonchev–Trinajstić information content (AvgIpc) is 2.93. The highest BCUT2D eigenvalue weighted by molar-refractivity contribution is 6.30. The molecule has 0 aliphatic rings. The summed E-state index contributed by atoms with van der Waals surface area (Å²) >= 11 is 5.83. The van der Waals surface area contributed by atoms with Crippen molar-refractivity contribution in [1.82, 2.24) is 25.5 Å². The summed E-state index contributed by atoms with van der Waals surface area (Å²) < 4.78 is 0. The SMILES string of the molecule is CC(C)CC(O)CNC(=O)Cn1nnc(-c2ccc(Cl)cc2)n1. The topological polar surface area (TPSA) is 92.9 Å². The first-order chi connectivity index (χ1) is 10.9. The fourth-order valence-electron chi connectivity index (χ4n) is 2.07. The molecule has 1 amide bonds. The Kier molecular flexibility index (Phi) is 6.06. The van der Waals surface area contributed by atoms with Gasteiger partial charge in [-0.25, -0.2) is 0 Å². The zero-order chi connectivity index (χ0) is 16.8. The Morgan fingerprint density at radius 2 is 2.04 bits per heavy atom. The van der Waals surface area contributed by atoms with Gasteiger partial charge in [0, 0.05) is 17.1 Å². The fourth-order valence-corrected chi connectivity index (χ4v) is 2.19. The third-order valence-corrected chi connectivity index (χ3v) is 3.37. The summed E-state index contributed by atoms with van der Waals surface area (Å²) in [5.41, 5.74) is 0.772. The molecule has 2 rings (SSSR count). The van der Waals surface area contributed by atoms with E-state index in [1.165, 1.54) is 4.80 Å². The summed E-state index contributed by atoms with van der Waals surface area (Å²) in [6, 6.07) is 7.04. The molecule has 2 N–H and O–H groups in total. The largest absolute Gasteiger partial charge is 0.391 e. The first kappa shape index (κ1) is 17.4. The third kappa shape index (κ3) is 5.61. The molecule has 0 fully saturated rings. The summed E-state index contributed by atoms with van der Waals surface area (Å²) in [6.45, 7) is 4.20. The summed E-state index contributed by atoms with van der Waals surface area (Å²) in [5.74, 6) is 0.531. The molecule has 0 saturated heterocycles. The molecular formula is C15H20ClN5O2. The van der Waals surface area contributed by atoms with Gasteiger partial charge in [-0.1, -0.05) is 25.4 Å². The van der Waals surface area contributed by atoms with Gasteiger partial charge >= 0.3 is 0 Å². The van der Waals surface area contributed by atoms with E-state index in [9.17, 15) is 9.90 Å². The molecule has 0 radical (unpaired) electrons. The van der Waals surface area contributed by atoms with Gasteiger partial charge < -0.3 is 10.4 Å². The third-order valence-electron chi connectivity index (χ3n) is 3.12. The van der Waals surface area contributed by atoms with E-state index in [4.69, 9.17) is 11.6 Å². The molecule has 1 aromatic carbocycles. The molecule has 2 aromatic rings. The zero-order valence-corrected chi connectivity index (χ0v) is 13.9. The number of aliphatic hydroxyl groups is 1. The van der Waals surface area contributed by atoms with Crippen LogP contribution in [0.25, 0.3) is 11.4 Å². The van der Waals surface area contributed by atoms with E-state index >= 15 is 0 Å². The van der Waals surface area contributed by atoms with Crippen LogP contribution >= 0.6 is 11.6 Å². The molecule has 124 valence electrons. The number of benzene rings is 1. The quantitative estimate of drug-likeness (QED) is 0.799. The van der Waals surface area contributed by atoms with Gasteiger partial charge in [0.25, 0.3) is 0 Å². The molecule has 7 nitrogen and oxygen atoms in total. The number of hydrogen-bond acceptors (Lipinski definition) is 5. The lowest BCUT2D eigenvalue weighted by atomic mass is 10.1. The van der Waals surface area contributed by atoms with Gasteiger partial charge in [-0.2, -0.15) is 4.80 Å². The molecule has 23 heavy (non-hydrogen) atoms. The van der Waals surface area contributed by atoms with E-state index in [0.717, 1.165) is 5.56 Å². The van der Waals surface area contributed by atoms with Gasteiger partial charge in [-0.3, -0.25) is 4.79 Å². The second kappa shape index (κ2) is 8.03. The summed E-state index contributed by atoms with van der Waals surface area (Å²) in [7, 11) is 0. The molecule has 1 aromatic heterocycles. The number of aromatic nitrogens is 4. The van der Waals surface area contributed by atoms with Crippen molar-refractivity contribution in [2.45, 2.75) is 32.9 Å². The van der Waals surface area contributed by atoms with E-state index in [-0.39, 0.29) is 19.0 Å². The summed E-state index contributed by atoms with van der Waals surface area (Å²) in [6.07, 6.45) is 0.0926. The van der Waals surface area contributed by atoms with Gasteiger partial charge in [0.05, 0.1) is 6.10 Å². The minimum absolute atomic E-state index is 0.0466. The lowest BCUT2D eigenvalue weighted by Crippen LogP contribution is -2.35. The minimum atomic E-state index is -0.549. The number of tetrazole rings is 1. The Balaban J connectivity index is 1.86. The second-order valence-corrected chi connectivity index (χ2v) is 6.17. The first-order valence-corrected chi connectivity index (χ1v) is 7.80. The first-order valence-electron chi connectivity index (χ1n) is 7.42. The predicted octanol–water partition coefficient (Wildman–Crippen LogP) is 1.52. The van der Waals surface area contributed by atoms with Crippen LogP contribution in [0.2, 0.25) is 5.02 Å². The Bertz CT molecular complexity index is 642. The predicted molar refractivity (Wildman–Crippen MR) is 86.7 cm³/mol. The van der Waals surface area contributed by atoms with Crippen molar-refractivity contribution in [2.75, 3.05) is 6.54 Å². The van der Waals surface area contributed by atoms with Crippen molar-refractivity contribution in [2.24, 2.45) is 5.92 Å². The molecule has 1 atom stereocenters. The van der Waals surface area contributed by atoms with Crippen molar-refractivity contribution in [3.8, 4) is 11.4 Å². The molecule has 0 spiro atoms. The molecular weight excluding hydrogens is 318 g/mol. The van der Waals surface area contributed by atoms with Crippen molar-refractivity contribution in [3.63, 3.8) is 0 Å². The van der Waals surface area contributed by atoms with Crippen LogP contribution in [0.5, 0.6) is 0 Å². The lowest BCUT2D eigenvalue weighted by Gasteiger charge is -2.13. The highest BCUT2D eigenvalue weighted by Gasteiger charge is 2.12. The number of carbonyl (C=O) groups is 1. The normalized spacial score (nSPS) is 12.4. The molecule has 1 heterocycles. The fraction of sp³-hybridized carbons (Fsp3) is 0.467. The van der Waals surface area contributed by atoms with Crippen LogP contribution in [0.4, 0.5) is 0 Å². The van der Waals surface area contributed by atoms with E-state index in [1.54, 1.807) is 24.3 Å². The number of amides is 1. The van der Waals surface area contributed by atoms with E-state index in [2.05, 4.69) is 20.7 Å². The van der Waals surface area contributed by atoms with Gasteiger partial charge in [0.2, 0.25) is 11.7 Å². The van der Waals surface area contributed by atoms with Crippen molar-refractivity contribution in [1.29, 1.82) is 0 Å². The Morgan fingerprint density at radius 1 is 1.35 bits per heavy atom. The summed E-state index contributed by atoms with van der Waals surface area (Å²) in [4.78, 5) is 13.0. The maximum atomic E-state index is 11.8. The van der Waals surface area contributed by atoms with E-state index in [1.807, 2.05) is 13.8 Å². The molecule has 0 saturated carbocycles. The van der Waals surface area contributed by atoms with Crippen LogP contribution in [0, 0.1) is 5.92 Å². The molecule has 8 heteroatoms. The van der Waals surface area contributed by atoms with Crippen molar-refractivity contribution in [3.05, 3.63) is 29.3 Å². The smallest absolute Gasteiger partial charge is 0.243 e. The van der Waals surface area contributed by atoms with Gasteiger partial charge in [0.15, 0.2) is 0 Å². The van der Waals surface area contributed by atoms with Crippen LogP contribution < -0.4 is 5.32 Å². The molecule has 1 unspecified atom stereocenters. The lowest BCUT2D eigenvalue weighted by molar-refractivity contribution is -0.122. The number of aliphatic hydroxyl groups excluding tert-OH is 1. The van der Waals surface area contributed by atoms with E-state index in [0.29, 0.717) is 23.2 Å². The Hall–Kier alpha value is -1.99. The van der Waals surface area contributed by atoms with Crippen LogP contribution in [0.1, 0.15) is 20.3 Å². The van der Waals surface area contributed by atoms with Crippen LogP contribution in [-0.2, 0) is 11.3 Å². The summed E-state index contributed by atoms with van der Waals surface area (Å²) in [5, 5.41) is 24.9. The number of nitrogens with zero attached hydrogens (tertiary/aromatic N) is 4. The monoisotopic (exact) mass is 337 g/mol. The number of halogens is 1. The van der Waals surface area contributed by atoms with Crippen LogP contribution in [-0.4, -0.2) is 43.9 Å². The standard InChI is InChI=1S/C15H20ClN5O2/c1-10(2)7-13(22)8-17-14(23)9-21-19-15(18-20-21)11-3-5-12(16)6-4-11/h3-6,10,13,22H,7-9H2,1-2H3,(H,17,23). The van der Waals surface area contributed by atoms with Gasteiger partial charge in [0.1, 0.15) is 6.54 Å². The van der Waals surface area contributed by atoms with E-state index < -0.39 is 6.10 Å². The minimum Gasteiger partial charge on any atom is -0.391 e. The number of nitrogens with one attached hydrogen (secondary N) is 1.